The van der Waals surface area contributed by atoms with E-state index >= 15 is 0 Å². The van der Waals surface area contributed by atoms with E-state index in [1.54, 1.807) is 17.0 Å². The summed E-state index contributed by atoms with van der Waals surface area (Å²) in [6, 6.07) is 2.03. The Morgan fingerprint density at radius 2 is 2.67 bits per heavy atom. The average Bonchev–Trinajstić information content (AvgIpc) is 2.18. The van der Waals surface area contributed by atoms with Gasteiger partial charge in [0.25, 0.3) is 0 Å². The summed E-state index contributed by atoms with van der Waals surface area (Å²) in [5, 5.41) is 8.26. The molecule has 0 bridgehead atoms. The SMILES string of the molecule is Cc1nccn1CC#N. The van der Waals surface area contributed by atoms with Gasteiger partial charge in [0.2, 0.25) is 0 Å². The molecule has 46 valence electrons. The standard InChI is InChI=1S/C6H7N3/c1-6-8-3-5-9(6)4-2-7/h3,5H,4H2,1H3. The molecule has 1 rings (SSSR count). The van der Waals surface area contributed by atoms with Crippen molar-refractivity contribution < 1.29 is 0 Å². The number of imidazole rings is 1. The Morgan fingerprint density at radius 3 is 3.11 bits per heavy atom. The Balaban J connectivity index is 2.84. The summed E-state index contributed by atoms with van der Waals surface area (Å²) >= 11 is 0. The molecule has 0 saturated carbocycles. The van der Waals surface area contributed by atoms with Gasteiger partial charge in [0, 0.05) is 12.4 Å². The number of nitriles is 1. The second kappa shape index (κ2) is 2.31. The van der Waals surface area contributed by atoms with Crippen LogP contribution in [-0.2, 0) is 6.54 Å². The van der Waals surface area contributed by atoms with Crippen LogP contribution in [0.25, 0.3) is 0 Å². The van der Waals surface area contributed by atoms with E-state index in [4.69, 9.17) is 5.26 Å². The second-order valence-electron chi connectivity index (χ2n) is 1.76. The highest BCUT2D eigenvalue weighted by molar-refractivity contribution is 4.91. The Bertz CT molecular complexity index is 231. The first-order valence-corrected chi connectivity index (χ1v) is 2.69. The third kappa shape index (κ3) is 1.08. The number of hydrogen-bond donors (Lipinski definition) is 0. The number of aromatic nitrogens is 2. The Hall–Kier alpha value is -1.30. The van der Waals surface area contributed by atoms with Gasteiger partial charge >= 0.3 is 0 Å². The van der Waals surface area contributed by atoms with E-state index in [1.807, 2.05) is 13.0 Å². The Labute approximate surface area is 53.6 Å². The summed E-state index contributed by atoms with van der Waals surface area (Å²) in [5.74, 6) is 0.886. The first-order valence-electron chi connectivity index (χ1n) is 2.69. The highest BCUT2D eigenvalue weighted by Crippen LogP contribution is 1.92. The monoisotopic (exact) mass is 121 g/mol. The van der Waals surface area contributed by atoms with Crippen LogP contribution in [0.5, 0.6) is 0 Å². The molecule has 0 unspecified atom stereocenters. The van der Waals surface area contributed by atoms with Crippen LogP contribution in [-0.4, -0.2) is 9.55 Å². The molecule has 1 heterocycles. The number of rotatable bonds is 1. The minimum Gasteiger partial charge on any atom is -0.321 e. The quantitative estimate of drug-likeness (QED) is 0.549. The van der Waals surface area contributed by atoms with Crippen molar-refractivity contribution in [1.29, 1.82) is 5.26 Å². The van der Waals surface area contributed by atoms with E-state index < -0.39 is 0 Å². The molecule has 0 saturated heterocycles. The topological polar surface area (TPSA) is 41.6 Å². The zero-order chi connectivity index (χ0) is 6.69. The van der Waals surface area contributed by atoms with Gasteiger partial charge in [-0.25, -0.2) is 4.98 Å². The smallest absolute Gasteiger partial charge is 0.111 e. The lowest BCUT2D eigenvalue weighted by molar-refractivity contribution is 0.790. The summed E-state index contributed by atoms with van der Waals surface area (Å²) in [7, 11) is 0. The van der Waals surface area contributed by atoms with Crippen molar-refractivity contribution in [2.24, 2.45) is 0 Å². The Kier molecular flexibility index (Phi) is 1.50. The van der Waals surface area contributed by atoms with Gasteiger partial charge in [-0.2, -0.15) is 5.26 Å². The van der Waals surface area contributed by atoms with E-state index in [0.29, 0.717) is 6.54 Å². The van der Waals surface area contributed by atoms with Crippen LogP contribution in [0.1, 0.15) is 5.82 Å². The molecule has 0 aliphatic heterocycles. The maximum atomic E-state index is 8.26. The molecular formula is C6H7N3. The molecule has 1 aromatic rings. The molecule has 0 aromatic carbocycles. The van der Waals surface area contributed by atoms with Crippen LogP contribution >= 0.6 is 0 Å². The Morgan fingerprint density at radius 1 is 1.89 bits per heavy atom. The summed E-state index contributed by atoms with van der Waals surface area (Å²) in [4.78, 5) is 3.95. The van der Waals surface area contributed by atoms with Gasteiger partial charge in [0.1, 0.15) is 12.4 Å². The maximum Gasteiger partial charge on any atom is 0.111 e. The molecule has 3 nitrogen and oxygen atoms in total. The zero-order valence-electron chi connectivity index (χ0n) is 5.20. The van der Waals surface area contributed by atoms with Gasteiger partial charge in [-0.1, -0.05) is 0 Å². The molecule has 3 heteroatoms. The van der Waals surface area contributed by atoms with E-state index in [1.165, 1.54) is 0 Å². The molecule has 0 N–H and O–H groups in total. The van der Waals surface area contributed by atoms with Crippen LogP contribution in [0.2, 0.25) is 0 Å². The van der Waals surface area contributed by atoms with Crippen molar-refractivity contribution in [3.63, 3.8) is 0 Å². The normalized spacial score (nSPS) is 8.89. The fraction of sp³-hybridized carbons (Fsp3) is 0.333. The molecule has 0 aliphatic rings. The van der Waals surface area contributed by atoms with Crippen LogP contribution in [0.15, 0.2) is 12.4 Å². The average molecular weight is 121 g/mol. The molecule has 0 amide bonds. The van der Waals surface area contributed by atoms with E-state index in [-0.39, 0.29) is 0 Å². The lowest BCUT2D eigenvalue weighted by Gasteiger charge is -1.93. The summed E-state index contributed by atoms with van der Waals surface area (Å²) in [6.45, 7) is 2.27. The first-order chi connectivity index (χ1) is 4.34. The van der Waals surface area contributed by atoms with E-state index in [9.17, 15) is 0 Å². The van der Waals surface area contributed by atoms with Crippen molar-refractivity contribution in [2.45, 2.75) is 13.5 Å². The lowest BCUT2D eigenvalue weighted by atomic mass is 10.6. The summed E-state index contributed by atoms with van der Waals surface area (Å²) < 4.78 is 1.79. The van der Waals surface area contributed by atoms with Gasteiger partial charge in [0.15, 0.2) is 0 Å². The van der Waals surface area contributed by atoms with Crippen LogP contribution in [0.3, 0.4) is 0 Å². The first kappa shape index (κ1) is 5.83. The van der Waals surface area contributed by atoms with Crippen LogP contribution in [0.4, 0.5) is 0 Å². The number of nitrogens with zero attached hydrogens (tertiary/aromatic N) is 3. The molecule has 0 aliphatic carbocycles. The predicted molar refractivity (Wildman–Crippen MR) is 32.6 cm³/mol. The molecule has 9 heavy (non-hydrogen) atoms. The van der Waals surface area contributed by atoms with E-state index in [0.717, 1.165) is 5.82 Å². The minimum atomic E-state index is 0.395. The van der Waals surface area contributed by atoms with Gasteiger partial charge in [-0.3, -0.25) is 0 Å². The highest BCUT2D eigenvalue weighted by atomic mass is 15.0. The fourth-order valence-corrected chi connectivity index (χ4v) is 0.647. The predicted octanol–water partition coefficient (Wildman–Crippen LogP) is 0.715. The van der Waals surface area contributed by atoms with Crippen molar-refractivity contribution in [3.8, 4) is 6.07 Å². The maximum absolute atomic E-state index is 8.26. The van der Waals surface area contributed by atoms with Crippen LogP contribution in [0, 0.1) is 18.3 Å². The van der Waals surface area contributed by atoms with E-state index in [2.05, 4.69) is 4.98 Å². The third-order valence-electron chi connectivity index (χ3n) is 1.16. The fourth-order valence-electron chi connectivity index (χ4n) is 0.647. The second-order valence-corrected chi connectivity index (χ2v) is 1.76. The van der Waals surface area contributed by atoms with Gasteiger partial charge < -0.3 is 4.57 Å². The number of hydrogen-bond acceptors (Lipinski definition) is 2. The molecule has 0 radical (unpaired) electrons. The largest absolute Gasteiger partial charge is 0.321 e. The van der Waals surface area contributed by atoms with Gasteiger partial charge in [-0.15, -0.1) is 0 Å². The highest BCUT2D eigenvalue weighted by Gasteiger charge is 1.91. The minimum absolute atomic E-state index is 0.395. The van der Waals surface area contributed by atoms with Crippen molar-refractivity contribution >= 4 is 0 Å². The third-order valence-corrected chi connectivity index (χ3v) is 1.16. The molecule has 0 atom stereocenters. The van der Waals surface area contributed by atoms with Crippen molar-refractivity contribution in [3.05, 3.63) is 18.2 Å². The molecule has 0 spiro atoms. The molecule has 1 aromatic heterocycles. The molecular weight excluding hydrogens is 114 g/mol. The summed E-state index contributed by atoms with van der Waals surface area (Å²) in [5.41, 5.74) is 0. The van der Waals surface area contributed by atoms with Gasteiger partial charge in [0.05, 0.1) is 6.07 Å². The molecule has 0 fully saturated rings. The zero-order valence-corrected chi connectivity index (χ0v) is 5.20. The van der Waals surface area contributed by atoms with Crippen molar-refractivity contribution in [1.82, 2.24) is 9.55 Å². The lowest BCUT2D eigenvalue weighted by Crippen LogP contribution is -1.95. The number of aryl methyl sites for hydroxylation is 1. The van der Waals surface area contributed by atoms with Crippen molar-refractivity contribution in [2.75, 3.05) is 0 Å². The summed E-state index contributed by atoms with van der Waals surface area (Å²) in [6.07, 6.45) is 3.48. The van der Waals surface area contributed by atoms with Crippen LogP contribution < -0.4 is 0 Å². The van der Waals surface area contributed by atoms with Gasteiger partial charge in [-0.05, 0) is 6.92 Å².